The van der Waals surface area contributed by atoms with Gasteiger partial charge in [0.2, 0.25) is 5.91 Å². The van der Waals surface area contributed by atoms with E-state index in [0.717, 1.165) is 38.0 Å². The number of rotatable bonds is 3. The van der Waals surface area contributed by atoms with Gasteiger partial charge in [-0.1, -0.05) is 12.1 Å². The lowest BCUT2D eigenvalue weighted by atomic mass is 9.75. The molecule has 4 heterocycles. The lowest BCUT2D eigenvalue weighted by Gasteiger charge is -2.51. The summed E-state index contributed by atoms with van der Waals surface area (Å²) in [6, 6.07) is 9.30. The molecule has 28 heavy (non-hydrogen) atoms. The van der Waals surface area contributed by atoms with Gasteiger partial charge >= 0.3 is 0 Å². The minimum absolute atomic E-state index is 0.106. The number of aliphatic hydroxyl groups excluding tert-OH is 1. The van der Waals surface area contributed by atoms with Crippen LogP contribution in [-0.4, -0.2) is 65.7 Å². The van der Waals surface area contributed by atoms with Gasteiger partial charge in [0.1, 0.15) is 5.75 Å². The highest BCUT2D eigenvalue weighted by molar-refractivity contribution is 5.80. The molecule has 5 fully saturated rings. The second kappa shape index (κ2) is 7.34. The second-order valence-corrected chi connectivity index (χ2v) is 9.23. The Balaban J connectivity index is 1.42. The van der Waals surface area contributed by atoms with Crippen molar-refractivity contribution in [3.63, 3.8) is 0 Å². The Bertz CT molecular complexity index is 705. The molecule has 5 nitrogen and oxygen atoms in total. The van der Waals surface area contributed by atoms with Gasteiger partial charge in [0, 0.05) is 24.4 Å². The second-order valence-electron chi connectivity index (χ2n) is 9.23. The van der Waals surface area contributed by atoms with Crippen LogP contribution in [0.3, 0.4) is 0 Å². The molecule has 4 saturated heterocycles. The zero-order valence-corrected chi connectivity index (χ0v) is 16.8. The molecule has 1 aliphatic carbocycles. The van der Waals surface area contributed by atoms with E-state index in [1.54, 1.807) is 7.11 Å². The fourth-order valence-corrected chi connectivity index (χ4v) is 6.37. The van der Waals surface area contributed by atoms with Crippen molar-refractivity contribution < 1.29 is 14.6 Å². The fourth-order valence-electron chi connectivity index (χ4n) is 6.37. The molecule has 0 radical (unpaired) electrons. The first-order valence-electron chi connectivity index (χ1n) is 11.0. The number of piperidine rings is 3. The zero-order chi connectivity index (χ0) is 19.3. The van der Waals surface area contributed by atoms with Crippen LogP contribution in [0.1, 0.15) is 50.0 Å². The molecule has 0 aromatic heterocycles. The van der Waals surface area contributed by atoms with Crippen molar-refractivity contribution in [1.82, 2.24) is 9.80 Å². The van der Waals surface area contributed by atoms with E-state index >= 15 is 0 Å². The van der Waals surface area contributed by atoms with Crippen LogP contribution in [0.2, 0.25) is 0 Å². The van der Waals surface area contributed by atoms with Crippen LogP contribution in [0.4, 0.5) is 0 Å². The van der Waals surface area contributed by atoms with Crippen LogP contribution in [-0.2, 0) is 4.79 Å². The van der Waals surface area contributed by atoms with Gasteiger partial charge in [-0.3, -0.25) is 9.69 Å². The van der Waals surface area contributed by atoms with E-state index in [-0.39, 0.29) is 12.0 Å². The lowest BCUT2D eigenvalue weighted by Crippen LogP contribution is -2.61. The Morgan fingerprint density at radius 3 is 2.32 bits per heavy atom. The standard InChI is InChI=1S/C23H32N2O3/c1-28-19-8-4-15(5-9-19)20-14-25(23(27)17-2-6-18(26)7-3-17)21-16-10-12-24(13-11-16)22(20)21/h4-5,8-9,16-18,20-22,26H,2-3,6-7,10-14H2,1H3/t17?,18?,20-,21+,22+/m0/s1. The zero-order valence-electron chi connectivity index (χ0n) is 16.8. The Hall–Kier alpha value is -1.59. The normalized spacial score (nSPS) is 39.6. The average Bonchev–Trinajstić information content (AvgIpc) is 3.17. The molecule has 4 aliphatic heterocycles. The Morgan fingerprint density at radius 1 is 1.00 bits per heavy atom. The number of likely N-dealkylation sites (tertiary alicyclic amines) is 1. The van der Waals surface area contributed by atoms with Gasteiger partial charge in [-0.25, -0.2) is 0 Å². The van der Waals surface area contributed by atoms with Crippen LogP contribution in [0.5, 0.6) is 5.75 Å². The first kappa shape index (κ1) is 18.4. The van der Waals surface area contributed by atoms with E-state index in [4.69, 9.17) is 4.74 Å². The highest BCUT2D eigenvalue weighted by atomic mass is 16.5. The van der Waals surface area contributed by atoms with E-state index in [9.17, 15) is 9.90 Å². The Labute approximate surface area is 167 Å². The van der Waals surface area contributed by atoms with E-state index < -0.39 is 0 Å². The van der Waals surface area contributed by atoms with Crippen molar-refractivity contribution in [2.45, 2.75) is 62.6 Å². The summed E-state index contributed by atoms with van der Waals surface area (Å²) >= 11 is 0. The summed E-state index contributed by atoms with van der Waals surface area (Å²) in [4.78, 5) is 18.4. The first-order chi connectivity index (χ1) is 13.7. The van der Waals surface area contributed by atoms with Crippen molar-refractivity contribution in [2.75, 3.05) is 26.7 Å². The molecular weight excluding hydrogens is 352 g/mol. The highest BCUT2D eigenvalue weighted by Gasteiger charge is 2.55. The van der Waals surface area contributed by atoms with Crippen LogP contribution in [0, 0.1) is 11.8 Å². The number of ether oxygens (including phenoxy) is 1. The SMILES string of the molecule is COc1ccc([C@@H]2CN(C(=O)C3CCC(O)CC3)[C@@H]3C4CCN(CC4)[C@@H]32)cc1. The number of fused-ring (bicyclic) bond motifs is 2. The lowest BCUT2D eigenvalue weighted by molar-refractivity contribution is -0.142. The molecular formula is C23H32N2O3. The molecule has 1 aromatic rings. The molecule has 5 heteroatoms. The van der Waals surface area contributed by atoms with Gasteiger partial charge in [-0.2, -0.15) is 0 Å². The van der Waals surface area contributed by atoms with Crippen LogP contribution in [0.25, 0.3) is 0 Å². The molecule has 1 amide bonds. The number of amides is 1. The van der Waals surface area contributed by atoms with Crippen molar-refractivity contribution in [3.8, 4) is 5.75 Å². The molecule has 0 unspecified atom stereocenters. The third-order valence-electron chi connectivity index (χ3n) is 7.87. The Kier molecular flexibility index (Phi) is 4.84. The third kappa shape index (κ3) is 3.03. The summed E-state index contributed by atoms with van der Waals surface area (Å²) in [5.74, 6) is 2.38. The van der Waals surface area contributed by atoms with E-state index in [2.05, 4.69) is 21.9 Å². The number of hydrogen-bond acceptors (Lipinski definition) is 4. The smallest absolute Gasteiger partial charge is 0.226 e. The van der Waals surface area contributed by atoms with Gasteiger partial charge in [0.15, 0.2) is 0 Å². The fraction of sp³-hybridized carbons (Fsp3) is 0.696. The number of nitrogens with zero attached hydrogens (tertiary/aromatic N) is 2. The van der Waals surface area contributed by atoms with E-state index in [1.807, 2.05) is 12.1 Å². The summed E-state index contributed by atoms with van der Waals surface area (Å²) in [5.41, 5.74) is 1.33. The van der Waals surface area contributed by atoms with Crippen LogP contribution < -0.4 is 4.74 Å². The average molecular weight is 385 g/mol. The van der Waals surface area contributed by atoms with Gasteiger partial charge in [-0.15, -0.1) is 0 Å². The number of hydrogen-bond donors (Lipinski definition) is 1. The minimum atomic E-state index is -0.209. The molecule has 3 atom stereocenters. The third-order valence-corrected chi connectivity index (χ3v) is 7.87. The van der Waals surface area contributed by atoms with Gasteiger partial charge in [0.25, 0.3) is 0 Å². The summed E-state index contributed by atoms with van der Waals surface area (Å²) < 4.78 is 5.34. The number of methoxy groups -OCH3 is 1. The quantitative estimate of drug-likeness (QED) is 0.871. The summed E-state index contributed by atoms with van der Waals surface area (Å²) in [5, 5.41) is 9.84. The summed E-state index contributed by atoms with van der Waals surface area (Å²) in [7, 11) is 1.70. The maximum Gasteiger partial charge on any atom is 0.226 e. The van der Waals surface area contributed by atoms with Crippen LogP contribution >= 0.6 is 0 Å². The first-order valence-corrected chi connectivity index (χ1v) is 11.0. The van der Waals surface area contributed by atoms with Crippen LogP contribution in [0.15, 0.2) is 24.3 Å². The largest absolute Gasteiger partial charge is 0.497 e. The predicted octanol–water partition coefficient (Wildman–Crippen LogP) is 2.63. The number of aliphatic hydroxyl groups is 1. The molecule has 2 bridgehead atoms. The van der Waals surface area contributed by atoms with Crippen molar-refractivity contribution in [3.05, 3.63) is 29.8 Å². The predicted molar refractivity (Wildman–Crippen MR) is 107 cm³/mol. The number of benzene rings is 1. The molecule has 1 N–H and O–H groups in total. The van der Waals surface area contributed by atoms with Crippen molar-refractivity contribution >= 4 is 5.91 Å². The van der Waals surface area contributed by atoms with Crippen molar-refractivity contribution in [1.29, 1.82) is 0 Å². The van der Waals surface area contributed by atoms with Crippen molar-refractivity contribution in [2.24, 2.45) is 11.8 Å². The molecule has 0 spiro atoms. The van der Waals surface area contributed by atoms with E-state index in [0.29, 0.717) is 29.8 Å². The van der Waals surface area contributed by atoms with Gasteiger partial charge in [0.05, 0.1) is 19.3 Å². The van der Waals surface area contributed by atoms with Gasteiger partial charge in [-0.05, 0) is 75.2 Å². The maximum absolute atomic E-state index is 13.5. The molecule has 1 saturated carbocycles. The maximum atomic E-state index is 13.5. The summed E-state index contributed by atoms with van der Waals surface area (Å²) in [6.45, 7) is 3.19. The molecule has 5 aliphatic rings. The molecule has 152 valence electrons. The summed E-state index contributed by atoms with van der Waals surface area (Å²) in [6.07, 6.45) is 5.48. The number of carbonyl (C=O) groups is 1. The molecule has 1 aromatic carbocycles. The minimum Gasteiger partial charge on any atom is -0.497 e. The monoisotopic (exact) mass is 384 g/mol. The van der Waals surface area contributed by atoms with E-state index in [1.165, 1.54) is 31.5 Å². The van der Waals surface area contributed by atoms with Gasteiger partial charge < -0.3 is 14.7 Å². The Morgan fingerprint density at radius 2 is 1.68 bits per heavy atom. The highest BCUT2D eigenvalue weighted by Crippen LogP contribution is 2.47. The number of carbonyl (C=O) groups excluding carboxylic acids is 1. The molecule has 6 rings (SSSR count). The topological polar surface area (TPSA) is 53.0 Å².